The van der Waals surface area contributed by atoms with Crippen LogP contribution in [0.1, 0.15) is 120 Å². The van der Waals surface area contributed by atoms with Crippen molar-refractivity contribution in [1.29, 1.82) is 0 Å². The van der Waals surface area contributed by atoms with E-state index in [1.165, 1.54) is 70.6 Å². The predicted molar refractivity (Wildman–Crippen MR) is 171 cm³/mol. The average molecular weight is 557 g/mol. The highest BCUT2D eigenvalue weighted by Crippen LogP contribution is 2.40. The van der Waals surface area contributed by atoms with Crippen molar-refractivity contribution in [2.75, 3.05) is 6.61 Å². The molecule has 0 fully saturated rings. The molecule has 3 nitrogen and oxygen atoms in total. The molecule has 0 amide bonds. The van der Waals surface area contributed by atoms with E-state index in [0.29, 0.717) is 13.0 Å². The van der Waals surface area contributed by atoms with Gasteiger partial charge in [0, 0.05) is 6.42 Å². The molecule has 0 heterocycles. The van der Waals surface area contributed by atoms with Crippen molar-refractivity contribution in [2.45, 2.75) is 115 Å². The maximum Gasteiger partial charge on any atom is 0.306 e. The van der Waals surface area contributed by atoms with E-state index in [0.717, 1.165) is 29.5 Å². The Labute approximate surface area is 249 Å². The van der Waals surface area contributed by atoms with Gasteiger partial charge in [0.1, 0.15) is 11.7 Å². The molecule has 0 aromatic heterocycles. The van der Waals surface area contributed by atoms with Crippen LogP contribution in [0.25, 0.3) is 0 Å². The number of carbonyl (C=O) groups is 1. The molecule has 0 radical (unpaired) electrons. The lowest BCUT2D eigenvalue weighted by atomic mass is 9.80. The van der Waals surface area contributed by atoms with Crippen molar-refractivity contribution in [2.24, 2.45) is 0 Å². The van der Waals surface area contributed by atoms with Crippen molar-refractivity contribution >= 4 is 5.97 Å². The molecule has 1 atom stereocenters. The van der Waals surface area contributed by atoms with E-state index in [1.807, 2.05) is 61.5 Å². The molecule has 41 heavy (non-hydrogen) atoms. The standard InChI is InChI=1S/C38H52O3/c1-3-4-5-6-7-8-9-10-11-12-13-14-24-31-37(39)41-33(2)32-40-38(34-25-18-15-19-26-34,35-27-20-16-21-28-35)36-29-22-17-23-30-36/h15-23,25-30,33H,3-14,24,31-32H2,1-2H3/t33-/m0/s1. The summed E-state index contributed by atoms with van der Waals surface area (Å²) in [4.78, 5) is 12.6. The maximum absolute atomic E-state index is 12.6. The molecule has 0 saturated heterocycles. The number of esters is 1. The second kappa shape index (κ2) is 19.3. The van der Waals surface area contributed by atoms with Gasteiger partial charge in [0.15, 0.2) is 0 Å². The molecule has 0 bridgehead atoms. The highest BCUT2D eigenvalue weighted by Gasteiger charge is 2.38. The lowest BCUT2D eigenvalue weighted by molar-refractivity contribution is -0.153. The highest BCUT2D eigenvalue weighted by atomic mass is 16.6. The van der Waals surface area contributed by atoms with E-state index in [9.17, 15) is 4.79 Å². The largest absolute Gasteiger partial charge is 0.460 e. The zero-order chi connectivity index (χ0) is 29.0. The normalized spacial score (nSPS) is 12.2. The van der Waals surface area contributed by atoms with Crippen LogP contribution in [-0.4, -0.2) is 18.7 Å². The molecule has 3 rings (SSSR count). The minimum atomic E-state index is -0.806. The van der Waals surface area contributed by atoms with Crippen LogP contribution in [0.2, 0.25) is 0 Å². The molecule has 0 aliphatic carbocycles. The van der Waals surface area contributed by atoms with E-state index >= 15 is 0 Å². The van der Waals surface area contributed by atoms with Crippen molar-refractivity contribution in [3.63, 3.8) is 0 Å². The van der Waals surface area contributed by atoms with Gasteiger partial charge in [-0.15, -0.1) is 0 Å². The lowest BCUT2D eigenvalue weighted by Crippen LogP contribution is -2.36. The van der Waals surface area contributed by atoms with E-state index in [2.05, 4.69) is 43.3 Å². The Hall–Kier alpha value is -2.91. The molecule has 3 aromatic rings. The van der Waals surface area contributed by atoms with Gasteiger partial charge in [-0.25, -0.2) is 0 Å². The SMILES string of the molecule is CCCCCCCCCCCCCCCC(=O)O[C@@H](C)COC(c1ccccc1)(c1ccccc1)c1ccccc1. The summed E-state index contributed by atoms with van der Waals surface area (Å²) in [5, 5.41) is 0. The van der Waals surface area contributed by atoms with Crippen molar-refractivity contribution in [3.8, 4) is 0 Å². The van der Waals surface area contributed by atoms with Crippen molar-refractivity contribution < 1.29 is 14.3 Å². The lowest BCUT2D eigenvalue weighted by Gasteiger charge is -2.36. The number of rotatable bonds is 21. The van der Waals surface area contributed by atoms with E-state index in [4.69, 9.17) is 9.47 Å². The number of ether oxygens (including phenoxy) is 2. The third kappa shape index (κ3) is 11.1. The van der Waals surface area contributed by atoms with Gasteiger partial charge in [-0.1, -0.05) is 175 Å². The number of carbonyl (C=O) groups excluding carboxylic acids is 1. The van der Waals surface area contributed by atoms with Gasteiger partial charge in [-0.05, 0) is 30.0 Å². The summed E-state index contributed by atoms with van der Waals surface area (Å²) < 4.78 is 12.6. The highest BCUT2D eigenvalue weighted by molar-refractivity contribution is 5.69. The Bertz CT molecular complexity index is 968. The molecular formula is C38H52O3. The van der Waals surface area contributed by atoms with Gasteiger partial charge in [0.25, 0.3) is 0 Å². The minimum Gasteiger partial charge on any atom is -0.460 e. The molecule has 3 heteroatoms. The van der Waals surface area contributed by atoms with E-state index in [1.54, 1.807) is 0 Å². The first-order chi connectivity index (χ1) is 20.2. The summed E-state index contributed by atoms with van der Waals surface area (Å²) in [5.41, 5.74) is 2.33. The van der Waals surface area contributed by atoms with Crippen molar-refractivity contribution in [3.05, 3.63) is 108 Å². The quantitative estimate of drug-likeness (QED) is 0.0744. The topological polar surface area (TPSA) is 35.5 Å². The maximum atomic E-state index is 12.6. The summed E-state index contributed by atoms with van der Waals surface area (Å²) in [6.07, 6.45) is 16.9. The van der Waals surface area contributed by atoms with Gasteiger partial charge in [-0.2, -0.15) is 0 Å². The fraction of sp³-hybridized carbons (Fsp3) is 0.500. The monoisotopic (exact) mass is 556 g/mol. The summed E-state index contributed by atoms with van der Waals surface area (Å²) in [6.45, 7) is 4.49. The van der Waals surface area contributed by atoms with Gasteiger partial charge < -0.3 is 9.47 Å². The Morgan fingerprint density at radius 2 is 0.951 bits per heavy atom. The second-order valence-corrected chi connectivity index (χ2v) is 11.4. The molecule has 0 unspecified atom stereocenters. The third-order valence-corrected chi connectivity index (χ3v) is 7.89. The summed E-state index contributed by atoms with van der Waals surface area (Å²) in [6, 6.07) is 30.9. The van der Waals surface area contributed by atoms with Gasteiger partial charge in [-0.3, -0.25) is 4.79 Å². The van der Waals surface area contributed by atoms with Crippen LogP contribution in [0, 0.1) is 0 Å². The first-order valence-corrected chi connectivity index (χ1v) is 16.2. The van der Waals surface area contributed by atoms with Gasteiger partial charge in [0.2, 0.25) is 0 Å². The molecule has 0 aliphatic rings. The fourth-order valence-corrected chi connectivity index (χ4v) is 5.62. The second-order valence-electron chi connectivity index (χ2n) is 11.4. The van der Waals surface area contributed by atoms with Crippen molar-refractivity contribution in [1.82, 2.24) is 0 Å². The Morgan fingerprint density at radius 1 is 0.585 bits per heavy atom. The fourth-order valence-electron chi connectivity index (χ4n) is 5.62. The Balaban J connectivity index is 1.43. The number of hydrogen-bond acceptors (Lipinski definition) is 3. The van der Waals surface area contributed by atoms with Crippen LogP contribution in [0.5, 0.6) is 0 Å². The van der Waals surface area contributed by atoms with Gasteiger partial charge in [0.05, 0.1) is 6.61 Å². The Kier molecular flexibility index (Phi) is 15.3. The smallest absolute Gasteiger partial charge is 0.306 e. The number of benzene rings is 3. The van der Waals surface area contributed by atoms with Crippen LogP contribution >= 0.6 is 0 Å². The summed E-state index contributed by atoms with van der Waals surface area (Å²) in [7, 11) is 0. The Morgan fingerprint density at radius 3 is 1.34 bits per heavy atom. The zero-order valence-electron chi connectivity index (χ0n) is 25.6. The first-order valence-electron chi connectivity index (χ1n) is 16.2. The van der Waals surface area contributed by atoms with Gasteiger partial charge >= 0.3 is 5.97 Å². The van der Waals surface area contributed by atoms with E-state index < -0.39 is 5.60 Å². The number of unbranched alkanes of at least 4 members (excludes halogenated alkanes) is 12. The number of hydrogen-bond donors (Lipinski definition) is 0. The molecule has 0 aliphatic heterocycles. The average Bonchev–Trinajstić information content (AvgIpc) is 3.01. The predicted octanol–water partition coefficient (Wildman–Crippen LogP) is 10.4. The molecule has 222 valence electrons. The van der Waals surface area contributed by atoms with Crippen LogP contribution in [-0.2, 0) is 19.9 Å². The zero-order valence-corrected chi connectivity index (χ0v) is 25.6. The third-order valence-electron chi connectivity index (χ3n) is 7.89. The van der Waals surface area contributed by atoms with Crippen LogP contribution < -0.4 is 0 Å². The molecule has 3 aromatic carbocycles. The molecule has 0 saturated carbocycles. The summed E-state index contributed by atoms with van der Waals surface area (Å²) >= 11 is 0. The van der Waals surface area contributed by atoms with Crippen LogP contribution in [0.3, 0.4) is 0 Å². The van der Waals surface area contributed by atoms with E-state index in [-0.39, 0.29) is 12.1 Å². The first kappa shape index (κ1) is 32.6. The minimum absolute atomic E-state index is 0.131. The molecular weight excluding hydrogens is 504 g/mol. The molecule has 0 spiro atoms. The molecule has 0 N–H and O–H groups in total. The van der Waals surface area contributed by atoms with Crippen LogP contribution in [0.4, 0.5) is 0 Å². The van der Waals surface area contributed by atoms with Crippen LogP contribution in [0.15, 0.2) is 91.0 Å². The summed E-state index contributed by atoms with van der Waals surface area (Å²) in [5.74, 6) is -0.131.